The van der Waals surface area contributed by atoms with Crippen LogP contribution >= 0.6 is 22.9 Å². The monoisotopic (exact) mass is 417 g/mol. The normalized spacial score (nSPS) is 16.1. The Morgan fingerprint density at radius 1 is 1.04 bits per heavy atom. The fraction of sp³-hybridized carbons (Fsp3) is 0.478. The lowest BCUT2D eigenvalue weighted by Crippen LogP contribution is -2.25. The molecule has 28 heavy (non-hydrogen) atoms. The van der Waals surface area contributed by atoms with E-state index in [0.29, 0.717) is 0 Å². The van der Waals surface area contributed by atoms with Crippen LogP contribution in [0.2, 0.25) is 5.02 Å². The highest BCUT2D eigenvalue weighted by molar-refractivity contribution is 7.17. The summed E-state index contributed by atoms with van der Waals surface area (Å²) in [4.78, 5) is 25.6. The molecular weight excluding hydrogens is 390 g/mol. The first-order valence-corrected chi connectivity index (χ1v) is 11.3. The number of hydrogen-bond acceptors (Lipinski definition) is 3. The number of fused-ring (bicyclic) bond motifs is 1. The number of anilines is 1. The Morgan fingerprint density at radius 3 is 2.32 bits per heavy atom. The third-order valence-electron chi connectivity index (χ3n) is 5.50. The highest BCUT2D eigenvalue weighted by Gasteiger charge is 2.27. The lowest BCUT2D eigenvalue weighted by Gasteiger charge is -2.20. The van der Waals surface area contributed by atoms with Crippen molar-refractivity contribution in [1.29, 1.82) is 0 Å². The van der Waals surface area contributed by atoms with Gasteiger partial charge in [0, 0.05) is 15.8 Å². The Kier molecular flexibility index (Phi) is 7.30. The number of benzene rings is 1. The minimum absolute atomic E-state index is 0.0864. The summed E-state index contributed by atoms with van der Waals surface area (Å²) in [5.74, 6) is 0.343. The van der Waals surface area contributed by atoms with E-state index in [0.717, 1.165) is 60.5 Å². The van der Waals surface area contributed by atoms with Crippen LogP contribution < -0.4 is 5.32 Å². The number of halogens is 1. The predicted molar refractivity (Wildman–Crippen MR) is 118 cm³/mol. The zero-order valence-electron chi connectivity index (χ0n) is 16.6. The third-order valence-corrected chi connectivity index (χ3v) is 6.96. The van der Waals surface area contributed by atoms with Crippen LogP contribution in [0.1, 0.15) is 71.8 Å². The maximum absolute atomic E-state index is 12.4. The maximum atomic E-state index is 12.4. The van der Waals surface area contributed by atoms with E-state index in [1.165, 1.54) is 22.4 Å². The van der Waals surface area contributed by atoms with Crippen LogP contribution in [-0.4, -0.2) is 11.7 Å². The summed E-state index contributed by atoms with van der Waals surface area (Å²) in [6.07, 6.45) is 8.71. The molecule has 150 valence electrons. The largest absolute Gasteiger partial charge is 0.317 e. The third kappa shape index (κ3) is 5.24. The molecule has 0 spiro atoms. The van der Waals surface area contributed by atoms with Crippen molar-refractivity contribution in [1.82, 2.24) is 0 Å². The quantitative estimate of drug-likeness (QED) is 0.571. The molecule has 2 aliphatic rings. The molecular formula is C23H28ClNO2S. The molecule has 0 aliphatic heterocycles. The molecule has 0 saturated heterocycles. The summed E-state index contributed by atoms with van der Waals surface area (Å²) in [6.45, 7) is 3.65. The van der Waals surface area contributed by atoms with E-state index < -0.39 is 0 Å². The number of ketones is 1. The number of carbonyl (C=O) groups excluding carboxylic acids is 2. The molecule has 1 aromatic carbocycles. The molecule has 5 heteroatoms. The fourth-order valence-electron chi connectivity index (χ4n) is 3.98. The van der Waals surface area contributed by atoms with Gasteiger partial charge in [0.15, 0.2) is 5.78 Å². The topological polar surface area (TPSA) is 46.2 Å². The van der Waals surface area contributed by atoms with Gasteiger partial charge in [0.2, 0.25) is 5.91 Å². The van der Waals surface area contributed by atoms with Crippen molar-refractivity contribution in [3.05, 3.63) is 50.9 Å². The molecule has 1 amide bonds. The highest BCUT2D eigenvalue weighted by atomic mass is 35.5. The number of carbonyl (C=O) groups is 2. The first-order chi connectivity index (χ1) is 13.5. The molecule has 1 fully saturated rings. The van der Waals surface area contributed by atoms with Crippen molar-refractivity contribution in [3.8, 4) is 0 Å². The summed E-state index contributed by atoms with van der Waals surface area (Å²) in [6, 6.07) is 7.75. The molecule has 0 bridgehead atoms. The lowest BCUT2D eigenvalue weighted by atomic mass is 9.88. The van der Waals surface area contributed by atoms with Gasteiger partial charge in [-0.1, -0.05) is 48.6 Å². The Bertz CT molecular complexity index is 814. The number of aryl methyl sites for hydroxylation is 2. The van der Waals surface area contributed by atoms with E-state index in [1.54, 1.807) is 18.3 Å². The van der Waals surface area contributed by atoms with Gasteiger partial charge in [0.05, 0.1) is 5.56 Å². The first-order valence-electron chi connectivity index (χ1n) is 10.1. The average Bonchev–Trinajstić information content (AvgIpc) is 3.26. The molecule has 1 N–H and O–H groups in total. The first kappa shape index (κ1) is 21.1. The summed E-state index contributed by atoms with van der Waals surface area (Å²) >= 11 is 7.23. The smallest absolute Gasteiger partial charge is 0.228 e. The van der Waals surface area contributed by atoms with Gasteiger partial charge in [-0.05, 0) is 63.6 Å². The van der Waals surface area contributed by atoms with Gasteiger partial charge in [0.1, 0.15) is 5.00 Å². The molecule has 0 unspecified atom stereocenters. The average molecular weight is 418 g/mol. The number of Topliss-reactive ketones (excluding diaryl/α,β-unsaturated/α-hetero) is 1. The fourth-order valence-corrected chi connectivity index (χ4v) is 5.44. The van der Waals surface area contributed by atoms with E-state index in [9.17, 15) is 9.59 Å². The number of nitrogens with one attached hydrogen (secondary N) is 1. The van der Waals surface area contributed by atoms with Crippen molar-refractivity contribution in [3.63, 3.8) is 0 Å². The van der Waals surface area contributed by atoms with Gasteiger partial charge in [-0.15, -0.1) is 11.3 Å². The highest BCUT2D eigenvalue weighted by Crippen LogP contribution is 2.39. The van der Waals surface area contributed by atoms with Crippen LogP contribution in [0, 0.1) is 12.8 Å². The Balaban J connectivity index is 0.000000236. The van der Waals surface area contributed by atoms with Crippen molar-refractivity contribution in [2.24, 2.45) is 5.92 Å². The van der Waals surface area contributed by atoms with E-state index >= 15 is 0 Å². The molecule has 0 atom stereocenters. The van der Waals surface area contributed by atoms with E-state index in [1.807, 2.05) is 31.2 Å². The Morgan fingerprint density at radius 2 is 1.71 bits per heavy atom. The van der Waals surface area contributed by atoms with Gasteiger partial charge >= 0.3 is 0 Å². The molecule has 2 aliphatic carbocycles. The number of amides is 1. The van der Waals surface area contributed by atoms with Crippen molar-refractivity contribution >= 4 is 39.6 Å². The van der Waals surface area contributed by atoms with E-state index in [-0.39, 0.29) is 17.6 Å². The van der Waals surface area contributed by atoms with Gasteiger partial charge in [-0.3, -0.25) is 9.59 Å². The van der Waals surface area contributed by atoms with E-state index in [4.69, 9.17) is 11.6 Å². The van der Waals surface area contributed by atoms with Gasteiger partial charge in [0.25, 0.3) is 0 Å². The molecule has 2 aromatic rings. The number of hydrogen-bond donors (Lipinski definition) is 1. The second kappa shape index (κ2) is 9.71. The Labute approximate surface area is 176 Å². The lowest BCUT2D eigenvalue weighted by molar-refractivity contribution is -0.120. The molecule has 4 rings (SSSR count). The van der Waals surface area contributed by atoms with Crippen LogP contribution in [0.15, 0.2) is 24.3 Å². The summed E-state index contributed by atoms with van der Waals surface area (Å²) < 4.78 is 0. The van der Waals surface area contributed by atoms with Crippen LogP contribution in [0.5, 0.6) is 0 Å². The zero-order chi connectivity index (χ0) is 20.1. The summed E-state index contributed by atoms with van der Waals surface area (Å²) in [5, 5.41) is 4.65. The van der Waals surface area contributed by atoms with Gasteiger partial charge in [-0.2, -0.15) is 0 Å². The predicted octanol–water partition coefficient (Wildman–Crippen LogP) is 6.61. The molecule has 1 saturated carbocycles. The van der Waals surface area contributed by atoms with Crippen LogP contribution in [0.4, 0.5) is 5.00 Å². The zero-order valence-corrected chi connectivity index (χ0v) is 18.2. The SMILES string of the molecule is CC(=O)c1c(NC(=O)C2CCCCC2)sc2c1CCC2.Cc1ccc(Cl)cc1. The Hall–Kier alpha value is -1.65. The number of thiophene rings is 1. The minimum atomic E-state index is 0.0864. The summed E-state index contributed by atoms with van der Waals surface area (Å²) in [7, 11) is 0. The van der Waals surface area contributed by atoms with Gasteiger partial charge in [-0.25, -0.2) is 0 Å². The number of rotatable bonds is 3. The molecule has 3 nitrogen and oxygen atoms in total. The second-order valence-corrected chi connectivity index (χ2v) is 9.28. The molecule has 0 radical (unpaired) electrons. The van der Waals surface area contributed by atoms with E-state index in [2.05, 4.69) is 5.32 Å². The molecule has 1 aromatic heterocycles. The molecule has 1 heterocycles. The standard InChI is InChI=1S/C16H21NO2S.C7H7Cl/c1-10(18)14-12-8-5-9-13(12)20-16(14)17-15(19)11-6-3-2-4-7-11;1-6-2-4-7(8)5-3-6/h11H,2-9H2,1H3,(H,17,19);2-5H,1H3. The van der Waals surface area contributed by atoms with Crippen molar-refractivity contribution in [2.75, 3.05) is 5.32 Å². The second-order valence-electron chi connectivity index (χ2n) is 7.74. The maximum Gasteiger partial charge on any atom is 0.228 e. The van der Waals surface area contributed by atoms with Crippen LogP contribution in [0.25, 0.3) is 0 Å². The van der Waals surface area contributed by atoms with Crippen molar-refractivity contribution in [2.45, 2.75) is 65.2 Å². The van der Waals surface area contributed by atoms with Crippen molar-refractivity contribution < 1.29 is 9.59 Å². The summed E-state index contributed by atoms with van der Waals surface area (Å²) in [5.41, 5.74) is 3.22. The van der Waals surface area contributed by atoms with Gasteiger partial charge < -0.3 is 5.32 Å². The van der Waals surface area contributed by atoms with Crippen LogP contribution in [0.3, 0.4) is 0 Å². The minimum Gasteiger partial charge on any atom is -0.317 e. The van der Waals surface area contributed by atoms with Crippen LogP contribution in [-0.2, 0) is 17.6 Å².